The van der Waals surface area contributed by atoms with E-state index >= 15 is 0 Å². The van der Waals surface area contributed by atoms with Crippen molar-refractivity contribution in [3.63, 3.8) is 0 Å². The minimum Gasteiger partial charge on any atom is -0.476 e. The van der Waals surface area contributed by atoms with Crippen molar-refractivity contribution in [3.8, 4) is 11.3 Å². The maximum absolute atomic E-state index is 10.9. The van der Waals surface area contributed by atoms with E-state index in [1.165, 1.54) is 37.3 Å². The molecule has 1 heterocycles. The summed E-state index contributed by atoms with van der Waals surface area (Å²) in [6, 6.07) is 9.74. The highest BCUT2D eigenvalue weighted by molar-refractivity contribution is 5.86. The summed E-state index contributed by atoms with van der Waals surface area (Å²) in [6.07, 6.45) is 5.07. The minimum atomic E-state index is -1.07. The van der Waals surface area contributed by atoms with Crippen LogP contribution in [0.5, 0.6) is 0 Å². The Morgan fingerprint density at radius 2 is 1.75 bits per heavy atom. The van der Waals surface area contributed by atoms with Gasteiger partial charge in [-0.05, 0) is 48.5 Å². The highest BCUT2D eigenvalue weighted by atomic mass is 16.5. The van der Waals surface area contributed by atoms with Crippen molar-refractivity contribution >= 4 is 5.97 Å². The van der Waals surface area contributed by atoms with Crippen LogP contribution in [0.25, 0.3) is 11.3 Å². The van der Waals surface area contributed by atoms with Crippen molar-refractivity contribution in [2.24, 2.45) is 11.3 Å². The Bertz CT molecular complexity index is 701. The van der Waals surface area contributed by atoms with Gasteiger partial charge >= 0.3 is 5.97 Å². The molecule has 128 valence electrons. The molecule has 0 bridgehead atoms. The Hall–Kier alpha value is -2.10. The number of hydrogen-bond acceptors (Lipinski definition) is 3. The lowest BCUT2D eigenvalue weighted by Gasteiger charge is -2.37. The third-order valence-electron chi connectivity index (χ3n) is 5.35. The van der Waals surface area contributed by atoms with Crippen LogP contribution in [-0.4, -0.2) is 16.2 Å². The molecule has 0 spiro atoms. The molecule has 0 saturated heterocycles. The fourth-order valence-corrected chi connectivity index (χ4v) is 3.72. The Morgan fingerprint density at radius 1 is 1.12 bits per heavy atom. The molecule has 0 unspecified atom stereocenters. The molecular weight excluding hydrogens is 302 g/mol. The topological polar surface area (TPSA) is 63.3 Å². The van der Waals surface area contributed by atoms with E-state index in [0.717, 1.165) is 11.5 Å². The average Bonchev–Trinajstić information content (AvgIpc) is 3.05. The zero-order chi connectivity index (χ0) is 17.3. The van der Waals surface area contributed by atoms with Gasteiger partial charge in [0.15, 0.2) is 11.5 Å². The third-order valence-corrected chi connectivity index (χ3v) is 5.35. The van der Waals surface area contributed by atoms with Crippen LogP contribution in [0.2, 0.25) is 0 Å². The molecule has 1 aliphatic carbocycles. The number of hydrogen-bond donors (Lipinski definition) is 1. The third kappa shape index (κ3) is 3.53. The van der Waals surface area contributed by atoms with E-state index in [2.05, 4.69) is 38.1 Å². The van der Waals surface area contributed by atoms with Crippen molar-refractivity contribution in [2.75, 3.05) is 0 Å². The molecule has 1 N–H and O–H groups in total. The highest BCUT2D eigenvalue weighted by Gasteiger charge is 2.30. The fraction of sp³-hybridized carbons (Fsp3) is 0.500. The second-order valence-electron chi connectivity index (χ2n) is 7.92. The van der Waals surface area contributed by atoms with Crippen LogP contribution in [0.15, 0.2) is 34.9 Å². The van der Waals surface area contributed by atoms with Crippen LogP contribution in [0, 0.1) is 11.3 Å². The zero-order valence-electron chi connectivity index (χ0n) is 14.6. The van der Waals surface area contributed by atoms with Gasteiger partial charge < -0.3 is 9.63 Å². The molecule has 1 saturated carbocycles. The molecule has 1 aliphatic rings. The van der Waals surface area contributed by atoms with Crippen LogP contribution in [0.4, 0.5) is 0 Å². The van der Waals surface area contributed by atoms with E-state index < -0.39 is 5.97 Å². The number of carbonyl (C=O) groups is 1. The SMILES string of the molecule is CC(C)(C)C1CCC(c2ccc(-c3cc(C(=O)O)no3)cc2)CC1. The molecule has 4 nitrogen and oxygen atoms in total. The molecule has 0 amide bonds. The standard InChI is InChI=1S/C20H25NO3/c1-20(2,3)16-10-8-14(9-11-16)13-4-6-15(7-5-13)18-12-17(19(22)23)21-24-18/h4-7,12,14,16H,8-11H2,1-3H3,(H,22,23). The quantitative estimate of drug-likeness (QED) is 0.824. The molecule has 0 radical (unpaired) electrons. The lowest BCUT2D eigenvalue weighted by Crippen LogP contribution is -2.25. The van der Waals surface area contributed by atoms with Crippen molar-refractivity contribution in [1.29, 1.82) is 0 Å². The summed E-state index contributed by atoms with van der Waals surface area (Å²) in [5, 5.41) is 12.5. The van der Waals surface area contributed by atoms with Crippen molar-refractivity contribution in [1.82, 2.24) is 5.16 Å². The summed E-state index contributed by atoms with van der Waals surface area (Å²) in [5.41, 5.74) is 2.57. The van der Waals surface area contributed by atoms with Crippen LogP contribution >= 0.6 is 0 Å². The molecule has 1 aromatic carbocycles. The van der Waals surface area contributed by atoms with Gasteiger partial charge in [-0.2, -0.15) is 0 Å². The van der Waals surface area contributed by atoms with Gasteiger partial charge in [-0.3, -0.25) is 0 Å². The Kier molecular flexibility index (Phi) is 4.48. The van der Waals surface area contributed by atoms with Gasteiger partial charge in [-0.15, -0.1) is 0 Å². The largest absolute Gasteiger partial charge is 0.476 e. The molecular formula is C20H25NO3. The predicted octanol–water partition coefficient (Wildman–Crippen LogP) is 5.36. The summed E-state index contributed by atoms with van der Waals surface area (Å²) in [4.78, 5) is 10.9. The number of rotatable bonds is 3. The first kappa shape index (κ1) is 16.7. The number of aromatic carboxylic acids is 1. The smallest absolute Gasteiger partial charge is 0.358 e. The van der Waals surface area contributed by atoms with Crippen molar-refractivity contribution in [3.05, 3.63) is 41.6 Å². The highest BCUT2D eigenvalue weighted by Crippen LogP contribution is 2.43. The van der Waals surface area contributed by atoms with E-state index in [1.54, 1.807) is 0 Å². The average molecular weight is 327 g/mol. The minimum absolute atomic E-state index is 0.0606. The zero-order valence-corrected chi connectivity index (χ0v) is 14.6. The van der Waals surface area contributed by atoms with Gasteiger partial charge in [0.25, 0.3) is 0 Å². The number of carboxylic acids is 1. The summed E-state index contributed by atoms with van der Waals surface area (Å²) < 4.78 is 5.12. The number of carboxylic acid groups (broad SMARTS) is 1. The molecule has 3 rings (SSSR count). The van der Waals surface area contributed by atoms with Crippen molar-refractivity contribution < 1.29 is 14.4 Å². The molecule has 4 heteroatoms. The first-order chi connectivity index (χ1) is 11.3. The first-order valence-electron chi connectivity index (χ1n) is 8.65. The van der Waals surface area contributed by atoms with Crippen LogP contribution in [0.3, 0.4) is 0 Å². The molecule has 2 aromatic rings. The van der Waals surface area contributed by atoms with Gasteiger partial charge in [0.1, 0.15) is 0 Å². The van der Waals surface area contributed by atoms with E-state index in [-0.39, 0.29) is 5.69 Å². The van der Waals surface area contributed by atoms with Gasteiger partial charge in [-0.25, -0.2) is 4.79 Å². The summed E-state index contributed by atoms with van der Waals surface area (Å²) in [5.74, 6) is 0.867. The lowest BCUT2D eigenvalue weighted by atomic mass is 9.68. The van der Waals surface area contributed by atoms with E-state index in [4.69, 9.17) is 9.63 Å². The molecule has 0 atom stereocenters. The van der Waals surface area contributed by atoms with Gasteiger partial charge in [0.05, 0.1) is 0 Å². The number of aromatic nitrogens is 1. The maximum atomic E-state index is 10.9. The Morgan fingerprint density at radius 3 is 2.25 bits per heavy atom. The normalized spacial score (nSPS) is 21.6. The van der Waals surface area contributed by atoms with Gasteiger partial charge in [0.2, 0.25) is 0 Å². The molecule has 24 heavy (non-hydrogen) atoms. The lowest BCUT2D eigenvalue weighted by molar-refractivity contribution is 0.0686. The summed E-state index contributed by atoms with van der Waals surface area (Å²) in [6.45, 7) is 7.03. The Balaban J connectivity index is 1.68. The Labute approximate surface area is 142 Å². The first-order valence-corrected chi connectivity index (χ1v) is 8.65. The van der Waals surface area contributed by atoms with Crippen LogP contribution < -0.4 is 0 Å². The fourth-order valence-electron chi connectivity index (χ4n) is 3.72. The summed E-state index contributed by atoms with van der Waals surface area (Å²) >= 11 is 0. The van der Waals surface area contributed by atoms with Crippen molar-refractivity contribution in [2.45, 2.75) is 52.4 Å². The molecule has 1 aromatic heterocycles. The van der Waals surface area contributed by atoms with E-state index in [1.807, 2.05) is 12.1 Å². The van der Waals surface area contributed by atoms with Gasteiger partial charge in [0, 0.05) is 11.6 Å². The maximum Gasteiger partial charge on any atom is 0.358 e. The molecule has 0 aliphatic heterocycles. The second-order valence-corrected chi connectivity index (χ2v) is 7.92. The second kappa shape index (κ2) is 6.42. The van der Waals surface area contributed by atoms with Crippen LogP contribution in [0.1, 0.15) is 68.4 Å². The van der Waals surface area contributed by atoms with Gasteiger partial charge in [-0.1, -0.05) is 50.2 Å². The van der Waals surface area contributed by atoms with E-state index in [0.29, 0.717) is 17.1 Å². The monoisotopic (exact) mass is 327 g/mol. The number of benzene rings is 1. The molecule has 1 fully saturated rings. The summed E-state index contributed by atoms with van der Waals surface area (Å²) in [7, 11) is 0. The van der Waals surface area contributed by atoms with Crippen LogP contribution in [-0.2, 0) is 0 Å². The van der Waals surface area contributed by atoms with E-state index in [9.17, 15) is 4.79 Å². The number of nitrogens with zero attached hydrogens (tertiary/aromatic N) is 1. The predicted molar refractivity (Wildman–Crippen MR) is 93.1 cm³/mol.